The van der Waals surface area contributed by atoms with Crippen LogP contribution in [0.3, 0.4) is 0 Å². The minimum Gasteiger partial charge on any atom is -0.480 e. The lowest BCUT2D eigenvalue weighted by Crippen LogP contribution is -2.30. The molecule has 0 fully saturated rings. The number of hydrogen-bond donors (Lipinski definition) is 0. The van der Waals surface area contributed by atoms with E-state index in [1.54, 1.807) is 48.5 Å². The number of nitriles is 1. The molecule has 4 aromatic rings. The third-order valence-corrected chi connectivity index (χ3v) is 7.10. The second-order valence-corrected chi connectivity index (χ2v) is 9.60. The van der Waals surface area contributed by atoms with Crippen molar-refractivity contribution in [2.24, 2.45) is 0 Å². The Bertz CT molecular complexity index is 1630. The van der Waals surface area contributed by atoms with Crippen LogP contribution in [0.1, 0.15) is 46.2 Å². The molecule has 2 aromatic carbocycles. The van der Waals surface area contributed by atoms with Gasteiger partial charge in [-0.15, -0.1) is 0 Å². The molecule has 5 rings (SSSR count). The summed E-state index contributed by atoms with van der Waals surface area (Å²) in [4.78, 5) is 24.3. The lowest BCUT2D eigenvalue weighted by atomic mass is 10.0. The van der Waals surface area contributed by atoms with E-state index in [-0.39, 0.29) is 28.9 Å². The van der Waals surface area contributed by atoms with E-state index in [9.17, 15) is 14.4 Å². The number of anilines is 1. The maximum Gasteiger partial charge on any atom is 0.319 e. The van der Waals surface area contributed by atoms with Crippen molar-refractivity contribution in [3.05, 3.63) is 88.0 Å². The zero-order valence-corrected chi connectivity index (χ0v) is 22.9. The Morgan fingerprint density at radius 1 is 1.10 bits per heavy atom. The molecule has 1 aliphatic heterocycles. The molecule has 9 nitrogen and oxygen atoms in total. The van der Waals surface area contributed by atoms with Crippen LogP contribution in [0, 0.1) is 17.1 Å². The van der Waals surface area contributed by atoms with Crippen LogP contribution in [0.25, 0.3) is 11.3 Å². The number of carbonyl (C=O) groups is 1. The minimum atomic E-state index is -0.630. The van der Waals surface area contributed by atoms with Gasteiger partial charge in [-0.05, 0) is 48.9 Å². The van der Waals surface area contributed by atoms with Crippen molar-refractivity contribution in [3.8, 4) is 29.2 Å². The highest BCUT2D eigenvalue weighted by atomic mass is 35.5. The van der Waals surface area contributed by atoms with Crippen molar-refractivity contribution in [1.29, 1.82) is 5.26 Å². The van der Waals surface area contributed by atoms with Crippen LogP contribution in [-0.4, -0.2) is 48.4 Å². The molecule has 0 N–H and O–H groups in total. The smallest absolute Gasteiger partial charge is 0.319 e. The molecule has 0 aliphatic carbocycles. The summed E-state index contributed by atoms with van der Waals surface area (Å²) in [6.07, 6.45) is 1.59. The van der Waals surface area contributed by atoms with Crippen molar-refractivity contribution in [2.45, 2.75) is 19.0 Å². The van der Waals surface area contributed by atoms with Crippen LogP contribution in [0.2, 0.25) is 5.02 Å². The Morgan fingerprint density at radius 2 is 1.85 bits per heavy atom. The number of benzene rings is 2. The fourth-order valence-electron chi connectivity index (χ4n) is 5.09. The van der Waals surface area contributed by atoms with Gasteiger partial charge in [0.1, 0.15) is 11.9 Å². The zero-order valence-electron chi connectivity index (χ0n) is 22.2. The van der Waals surface area contributed by atoms with Gasteiger partial charge in [-0.2, -0.15) is 10.2 Å². The van der Waals surface area contributed by atoms with Gasteiger partial charge in [0.15, 0.2) is 0 Å². The second kappa shape index (κ2) is 11.0. The number of fused-ring (bicyclic) bond motifs is 1. The number of aromatic nitrogens is 3. The normalized spacial score (nSPS) is 15.1. The van der Waals surface area contributed by atoms with E-state index < -0.39 is 11.9 Å². The summed E-state index contributed by atoms with van der Waals surface area (Å²) in [6.45, 7) is 2.31. The van der Waals surface area contributed by atoms with E-state index in [0.29, 0.717) is 40.4 Å². The van der Waals surface area contributed by atoms with Gasteiger partial charge in [0.05, 0.1) is 66.0 Å². The molecule has 0 unspecified atom stereocenters. The fourth-order valence-corrected chi connectivity index (χ4v) is 5.26. The van der Waals surface area contributed by atoms with Gasteiger partial charge >= 0.3 is 6.01 Å². The van der Waals surface area contributed by atoms with Crippen molar-refractivity contribution in [2.75, 3.05) is 32.8 Å². The van der Waals surface area contributed by atoms with E-state index in [4.69, 9.17) is 25.8 Å². The van der Waals surface area contributed by atoms with Crippen LogP contribution in [0.15, 0.2) is 54.7 Å². The highest BCUT2D eigenvalue weighted by Gasteiger charge is 2.44. The van der Waals surface area contributed by atoms with Gasteiger partial charge in [-0.3, -0.25) is 9.69 Å². The molecule has 0 radical (unpaired) electrons. The zero-order chi connectivity index (χ0) is 28.6. The Kier molecular flexibility index (Phi) is 7.43. The number of methoxy groups -OCH3 is 3. The molecule has 1 amide bonds. The minimum absolute atomic E-state index is 0.100. The summed E-state index contributed by atoms with van der Waals surface area (Å²) in [5.74, 6) is -0.611. The molecule has 0 saturated carbocycles. The third-order valence-electron chi connectivity index (χ3n) is 6.81. The van der Waals surface area contributed by atoms with Crippen LogP contribution < -0.4 is 14.4 Å². The lowest BCUT2D eigenvalue weighted by molar-refractivity contribution is 0.0993. The van der Waals surface area contributed by atoms with Crippen molar-refractivity contribution < 1.29 is 23.4 Å². The summed E-state index contributed by atoms with van der Waals surface area (Å²) in [5, 5.41) is 9.26. The molecule has 2 atom stereocenters. The van der Waals surface area contributed by atoms with Crippen LogP contribution >= 0.6 is 11.6 Å². The monoisotopic (exact) mass is 561 g/mol. The summed E-state index contributed by atoms with van der Waals surface area (Å²) >= 11 is 6.14. The average molecular weight is 562 g/mol. The number of carbonyl (C=O) groups excluding carboxylic acids is 1. The molecule has 0 saturated heterocycles. The van der Waals surface area contributed by atoms with Gasteiger partial charge in [0, 0.05) is 19.0 Å². The van der Waals surface area contributed by atoms with E-state index in [1.807, 2.05) is 11.5 Å². The molecular weight excluding hydrogens is 537 g/mol. The summed E-state index contributed by atoms with van der Waals surface area (Å²) in [6, 6.07) is 14.4. The molecular formula is C29H25ClFN5O4. The number of ether oxygens (including phenoxy) is 3. The van der Waals surface area contributed by atoms with Gasteiger partial charge in [0.25, 0.3) is 5.91 Å². The number of amides is 1. The Labute approximate surface area is 235 Å². The van der Waals surface area contributed by atoms with E-state index in [1.165, 1.54) is 32.4 Å². The Morgan fingerprint density at radius 3 is 2.48 bits per heavy atom. The maximum atomic E-state index is 14.1. The number of nitrogens with zero attached hydrogens (tertiary/aromatic N) is 5. The molecule has 204 valence electrons. The first-order chi connectivity index (χ1) is 19.3. The predicted molar refractivity (Wildman–Crippen MR) is 146 cm³/mol. The maximum absolute atomic E-state index is 14.1. The molecule has 3 heterocycles. The highest BCUT2D eigenvalue weighted by molar-refractivity contribution is 6.31. The van der Waals surface area contributed by atoms with Gasteiger partial charge in [-0.1, -0.05) is 23.7 Å². The average Bonchev–Trinajstić information content (AvgIpc) is 3.49. The van der Waals surface area contributed by atoms with Crippen LogP contribution in [-0.2, 0) is 4.74 Å². The van der Waals surface area contributed by atoms with Gasteiger partial charge in [0.2, 0.25) is 5.88 Å². The molecule has 40 heavy (non-hydrogen) atoms. The van der Waals surface area contributed by atoms with Crippen molar-refractivity contribution in [3.63, 3.8) is 0 Å². The quantitative estimate of drug-likeness (QED) is 0.276. The summed E-state index contributed by atoms with van der Waals surface area (Å²) < 4.78 is 32.3. The first-order valence-electron chi connectivity index (χ1n) is 12.3. The molecule has 1 aliphatic rings. The van der Waals surface area contributed by atoms with E-state index in [0.717, 1.165) is 5.56 Å². The summed E-state index contributed by atoms with van der Waals surface area (Å²) in [7, 11) is 4.56. The predicted octanol–water partition coefficient (Wildman–Crippen LogP) is 5.58. The number of rotatable bonds is 8. The van der Waals surface area contributed by atoms with Crippen molar-refractivity contribution in [1.82, 2.24) is 14.5 Å². The molecule has 0 spiro atoms. The standard InChI is InChI=1S/C29H25ClFN5O4/c1-16(15-38-2)35-24(21-14-33-29(40-4)34-27(21)39-3)12-20-26(35)25(18-7-5-17(13-32)6-8-18)36(28(20)37)19-9-10-23(31)22(30)11-19/h5-12,14,16,25H,15H2,1-4H3/t16-,25-/m1/s1. The van der Waals surface area contributed by atoms with Gasteiger partial charge < -0.3 is 18.8 Å². The summed E-state index contributed by atoms with van der Waals surface area (Å²) in [5.41, 5.74) is 3.99. The molecule has 11 heteroatoms. The SMILES string of the molecule is COC[C@@H](C)n1c(-c2cnc(OC)nc2OC)cc2c1[C@@H](c1ccc(C#N)cc1)N(c1ccc(F)c(Cl)c1)C2=O. The molecule has 2 aromatic heterocycles. The second-order valence-electron chi connectivity index (χ2n) is 9.19. The Balaban J connectivity index is 1.79. The topological polar surface area (TPSA) is 102 Å². The third kappa shape index (κ3) is 4.53. The largest absolute Gasteiger partial charge is 0.480 e. The van der Waals surface area contributed by atoms with Gasteiger partial charge in [-0.25, -0.2) is 9.37 Å². The van der Waals surface area contributed by atoms with Crippen LogP contribution in [0.5, 0.6) is 11.9 Å². The first kappa shape index (κ1) is 27.1. The van der Waals surface area contributed by atoms with E-state index in [2.05, 4.69) is 16.0 Å². The van der Waals surface area contributed by atoms with Crippen molar-refractivity contribution >= 4 is 23.2 Å². The Hall–Kier alpha value is -4.46. The fraction of sp³-hybridized carbons (Fsp3) is 0.241. The lowest BCUT2D eigenvalue weighted by Gasteiger charge is -2.30. The highest BCUT2D eigenvalue weighted by Crippen LogP contribution is 2.47. The van der Waals surface area contributed by atoms with Crippen LogP contribution in [0.4, 0.5) is 10.1 Å². The number of halogens is 2. The number of hydrogen-bond acceptors (Lipinski definition) is 7. The van der Waals surface area contributed by atoms with E-state index >= 15 is 0 Å². The first-order valence-corrected chi connectivity index (χ1v) is 12.7. The molecule has 0 bridgehead atoms.